The molecule has 0 saturated heterocycles. The molecule has 1 amide bonds. The molecule has 0 spiro atoms. The van der Waals surface area contributed by atoms with Crippen molar-refractivity contribution in [2.75, 3.05) is 5.75 Å². The Kier molecular flexibility index (Phi) is 5.71. The highest BCUT2D eigenvalue weighted by Gasteiger charge is 2.29. The molecule has 0 fully saturated rings. The van der Waals surface area contributed by atoms with Gasteiger partial charge in [0.25, 0.3) is 0 Å². The lowest BCUT2D eigenvalue weighted by Crippen LogP contribution is -2.49. The van der Waals surface area contributed by atoms with Gasteiger partial charge in [-0.1, -0.05) is 25.4 Å². The van der Waals surface area contributed by atoms with Crippen molar-refractivity contribution >= 4 is 29.3 Å². The fourth-order valence-electron chi connectivity index (χ4n) is 1.31. The molecule has 0 radical (unpaired) electrons. The van der Waals surface area contributed by atoms with Crippen LogP contribution in [0.25, 0.3) is 0 Å². The Labute approximate surface area is 123 Å². The third-order valence-electron chi connectivity index (χ3n) is 2.97. The van der Waals surface area contributed by atoms with Crippen LogP contribution in [-0.2, 0) is 4.79 Å². The van der Waals surface area contributed by atoms with Crippen molar-refractivity contribution in [1.29, 1.82) is 5.26 Å². The summed E-state index contributed by atoms with van der Waals surface area (Å²) in [4.78, 5) is 12.8. The van der Waals surface area contributed by atoms with E-state index in [1.165, 1.54) is 11.8 Å². The second-order valence-electron chi connectivity index (χ2n) is 4.76. The molecule has 1 aromatic carbocycles. The van der Waals surface area contributed by atoms with Crippen LogP contribution in [0.3, 0.4) is 0 Å². The van der Waals surface area contributed by atoms with Crippen LogP contribution >= 0.6 is 23.4 Å². The number of thioether (sulfide) groups is 1. The first-order valence-electron chi connectivity index (χ1n) is 5.98. The van der Waals surface area contributed by atoms with Crippen LogP contribution in [0.5, 0.6) is 0 Å². The molecule has 0 aliphatic heterocycles. The fraction of sp³-hybridized carbons (Fsp3) is 0.429. The van der Waals surface area contributed by atoms with Gasteiger partial charge in [0.15, 0.2) is 0 Å². The number of nitriles is 1. The number of carbonyl (C=O) groups is 1. The molecule has 0 aliphatic carbocycles. The molecule has 1 unspecified atom stereocenters. The van der Waals surface area contributed by atoms with E-state index < -0.39 is 5.54 Å². The molecular weight excluding hydrogens is 280 g/mol. The van der Waals surface area contributed by atoms with Gasteiger partial charge < -0.3 is 5.32 Å². The van der Waals surface area contributed by atoms with E-state index in [-0.39, 0.29) is 17.6 Å². The highest BCUT2D eigenvalue weighted by molar-refractivity contribution is 8.00. The predicted molar refractivity (Wildman–Crippen MR) is 79.2 cm³/mol. The molecule has 0 saturated carbocycles. The summed E-state index contributed by atoms with van der Waals surface area (Å²) in [6, 6.07) is 9.46. The van der Waals surface area contributed by atoms with Gasteiger partial charge in [0.2, 0.25) is 5.91 Å². The Morgan fingerprint density at radius 1 is 1.47 bits per heavy atom. The lowest BCUT2D eigenvalue weighted by molar-refractivity contribution is -0.120. The average molecular weight is 297 g/mol. The highest BCUT2D eigenvalue weighted by Crippen LogP contribution is 2.21. The van der Waals surface area contributed by atoms with Crippen molar-refractivity contribution in [2.24, 2.45) is 5.92 Å². The normalized spacial score (nSPS) is 13.7. The summed E-state index contributed by atoms with van der Waals surface area (Å²) >= 11 is 7.21. The molecule has 1 rings (SSSR count). The zero-order valence-electron chi connectivity index (χ0n) is 11.2. The van der Waals surface area contributed by atoms with E-state index in [4.69, 9.17) is 16.9 Å². The topological polar surface area (TPSA) is 52.9 Å². The fourth-order valence-corrected chi connectivity index (χ4v) is 2.13. The van der Waals surface area contributed by atoms with Gasteiger partial charge in [-0.15, -0.1) is 11.8 Å². The maximum atomic E-state index is 11.9. The first-order chi connectivity index (χ1) is 8.87. The number of amides is 1. The van der Waals surface area contributed by atoms with Crippen molar-refractivity contribution in [3.63, 3.8) is 0 Å². The zero-order chi connectivity index (χ0) is 14.5. The highest BCUT2D eigenvalue weighted by atomic mass is 35.5. The molecule has 5 heteroatoms. The van der Waals surface area contributed by atoms with E-state index in [0.717, 1.165) is 4.90 Å². The summed E-state index contributed by atoms with van der Waals surface area (Å²) in [5, 5.41) is 12.6. The minimum absolute atomic E-state index is 0.0574. The molecule has 1 N–H and O–H groups in total. The average Bonchev–Trinajstić information content (AvgIpc) is 2.37. The van der Waals surface area contributed by atoms with Crippen LogP contribution in [0.4, 0.5) is 0 Å². The van der Waals surface area contributed by atoms with E-state index in [2.05, 4.69) is 11.4 Å². The van der Waals surface area contributed by atoms with Gasteiger partial charge in [0.1, 0.15) is 5.54 Å². The van der Waals surface area contributed by atoms with E-state index in [1.807, 2.05) is 26.0 Å². The molecule has 1 atom stereocenters. The molecule has 0 aliphatic rings. The van der Waals surface area contributed by atoms with E-state index in [9.17, 15) is 4.79 Å². The van der Waals surface area contributed by atoms with Crippen molar-refractivity contribution < 1.29 is 4.79 Å². The van der Waals surface area contributed by atoms with Crippen molar-refractivity contribution in [3.05, 3.63) is 29.3 Å². The molecule has 1 aromatic rings. The smallest absolute Gasteiger partial charge is 0.231 e. The number of nitrogens with zero attached hydrogens (tertiary/aromatic N) is 1. The third-order valence-corrected chi connectivity index (χ3v) is 4.23. The van der Waals surface area contributed by atoms with E-state index >= 15 is 0 Å². The standard InChI is InChI=1S/C14H17ClN2OS/c1-10(2)14(3,9-16)17-13(18)8-19-12-6-4-11(15)5-7-12/h4-7,10H,8H2,1-3H3,(H,17,18). The second kappa shape index (κ2) is 6.83. The lowest BCUT2D eigenvalue weighted by Gasteiger charge is -2.27. The number of carbonyl (C=O) groups excluding carboxylic acids is 1. The van der Waals surface area contributed by atoms with Crippen LogP contribution in [0, 0.1) is 17.2 Å². The van der Waals surface area contributed by atoms with Crippen molar-refractivity contribution in [1.82, 2.24) is 5.32 Å². The third kappa shape index (κ3) is 4.77. The Morgan fingerprint density at radius 3 is 2.53 bits per heavy atom. The first kappa shape index (κ1) is 15.9. The van der Waals surface area contributed by atoms with E-state index in [0.29, 0.717) is 5.02 Å². The number of hydrogen-bond donors (Lipinski definition) is 1. The Bertz CT molecular complexity index is 481. The number of nitrogens with one attached hydrogen (secondary N) is 1. The van der Waals surface area contributed by atoms with Gasteiger partial charge in [-0.3, -0.25) is 4.79 Å². The molecule has 0 bridgehead atoms. The van der Waals surface area contributed by atoms with Gasteiger partial charge in [-0.05, 0) is 37.1 Å². The second-order valence-corrected chi connectivity index (χ2v) is 6.24. The summed E-state index contributed by atoms with van der Waals surface area (Å²) in [7, 11) is 0. The Hall–Kier alpha value is -1.18. The quantitative estimate of drug-likeness (QED) is 0.846. The number of rotatable bonds is 5. The Morgan fingerprint density at radius 2 is 2.05 bits per heavy atom. The minimum atomic E-state index is -0.822. The van der Waals surface area contributed by atoms with Crippen molar-refractivity contribution in [3.8, 4) is 6.07 Å². The summed E-state index contributed by atoms with van der Waals surface area (Å²) < 4.78 is 0. The maximum Gasteiger partial charge on any atom is 0.231 e. The number of hydrogen-bond acceptors (Lipinski definition) is 3. The summed E-state index contributed by atoms with van der Waals surface area (Å²) in [5.74, 6) is 0.200. The lowest BCUT2D eigenvalue weighted by atomic mass is 9.90. The molecule has 102 valence electrons. The van der Waals surface area contributed by atoms with Gasteiger partial charge in [-0.25, -0.2) is 0 Å². The monoisotopic (exact) mass is 296 g/mol. The Balaban J connectivity index is 2.53. The molecular formula is C14H17ClN2OS. The van der Waals surface area contributed by atoms with Crippen LogP contribution in [-0.4, -0.2) is 17.2 Å². The molecule has 0 heterocycles. The number of benzene rings is 1. The number of halogens is 1. The largest absolute Gasteiger partial charge is 0.337 e. The van der Waals surface area contributed by atoms with Gasteiger partial charge in [0.05, 0.1) is 11.8 Å². The van der Waals surface area contributed by atoms with Crippen molar-refractivity contribution in [2.45, 2.75) is 31.2 Å². The molecule has 3 nitrogen and oxygen atoms in total. The van der Waals surface area contributed by atoms with Crippen LogP contribution in [0.2, 0.25) is 5.02 Å². The molecule has 19 heavy (non-hydrogen) atoms. The maximum absolute atomic E-state index is 11.9. The first-order valence-corrected chi connectivity index (χ1v) is 7.34. The van der Waals surface area contributed by atoms with Crippen LogP contribution in [0.15, 0.2) is 29.2 Å². The van der Waals surface area contributed by atoms with Crippen LogP contribution in [0.1, 0.15) is 20.8 Å². The summed E-state index contributed by atoms with van der Waals surface area (Å²) in [6.45, 7) is 5.56. The zero-order valence-corrected chi connectivity index (χ0v) is 12.8. The van der Waals surface area contributed by atoms with Gasteiger partial charge >= 0.3 is 0 Å². The molecule has 0 aromatic heterocycles. The van der Waals surface area contributed by atoms with Gasteiger partial charge in [0, 0.05) is 9.92 Å². The van der Waals surface area contributed by atoms with Crippen LogP contribution < -0.4 is 5.32 Å². The van der Waals surface area contributed by atoms with Gasteiger partial charge in [-0.2, -0.15) is 5.26 Å². The summed E-state index contributed by atoms with van der Waals surface area (Å²) in [5.41, 5.74) is -0.822. The van der Waals surface area contributed by atoms with E-state index in [1.54, 1.807) is 19.1 Å². The predicted octanol–water partition coefficient (Wildman–Crippen LogP) is 3.49. The minimum Gasteiger partial charge on any atom is -0.337 e. The summed E-state index contributed by atoms with van der Waals surface area (Å²) in [6.07, 6.45) is 0. The SMILES string of the molecule is CC(C)C(C)(C#N)NC(=O)CSc1ccc(Cl)cc1.